The molecule has 1 aliphatic rings. The molecule has 0 radical (unpaired) electrons. The molecule has 0 saturated heterocycles. The second-order valence-electron chi connectivity index (χ2n) is 4.40. The van der Waals surface area contributed by atoms with Crippen molar-refractivity contribution in [2.24, 2.45) is 0 Å². The van der Waals surface area contributed by atoms with Gasteiger partial charge in [0, 0.05) is 0 Å². The maximum absolute atomic E-state index is 6.58. The fourth-order valence-corrected chi connectivity index (χ4v) is 6.92. The Morgan fingerprint density at radius 1 is 1.07 bits per heavy atom. The molecule has 0 nitrogen and oxygen atoms in total. The van der Waals surface area contributed by atoms with E-state index in [4.69, 9.17) is 22.2 Å². The van der Waals surface area contributed by atoms with Crippen molar-refractivity contribution in [1.82, 2.24) is 0 Å². The van der Waals surface area contributed by atoms with Gasteiger partial charge in [0.05, 0.1) is 0 Å². The molecule has 1 aromatic rings. The molecule has 0 amide bonds. The summed E-state index contributed by atoms with van der Waals surface area (Å²) in [6.45, 7) is -2.07. The summed E-state index contributed by atoms with van der Waals surface area (Å²) in [7, 11) is 0. The lowest BCUT2D eigenvalue weighted by Gasteiger charge is -2.23. The smallest absolute Gasteiger partial charge is 0.145 e. The number of benzene rings is 1. The van der Waals surface area contributed by atoms with Gasteiger partial charge in [0.25, 0.3) is 6.69 Å². The fourth-order valence-electron chi connectivity index (χ4n) is 2.36. The molecule has 1 saturated carbocycles. The van der Waals surface area contributed by atoms with Crippen LogP contribution in [0.2, 0.25) is 5.54 Å². The highest BCUT2D eigenvalue weighted by Crippen LogP contribution is 2.44. The van der Waals surface area contributed by atoms with Gasteiger partial charge in [-0.25, -0.2) is 0 Å². The van der Waals surface area contributed by atoms with Crippen molar-refractivity contribution in [3.05, 3.63) is 35.9 Å². The van der Waals surface area contributed by atoms with Crippen LogP contribution < -0.4 is 0 Å². The Labute approximate surface area is 102 Å². The Hall–Kier alpha value is 0.0169. The van der Waals surface area contributed by atoms with Crippen LogP contribution in [0.5, 0.6) is 0 Å². The molecule has 1 aliphatic carbocycles. The molecular weight excluding hydrogens is 243 g/mol. The Balaban J connectivity index is 2.03. The van der Waals surface area contributed by atoms with E-state index in [0.717, 1.165) is 6.04 Å². The van der Waals surface area contributed by atoms with Gasteiger partial charge in [-0.3, -0.25) is 0 Å². The molecule has 0 heterocycles. The second kappa shape index (κ2) is 4.90. The first kappa shape index (κ1) is 11.5. The molecule has 0 aromatic heterocycles. The Kier molecular flexibility index (Phi) is 3.76. The van der Waals surface area contributed by atoms with Gasteiger partial charge in [-0.2, -0.15) is 0 Å². The van der Waals surface area contributed by atoms with Crippen molar-refractivity contribution in [1.29, 1.82) is 0 Å². The van der Waals surface area contributed by atoms with Crippen LogP contribution in [0.25, 0.3) is 0 Å². The molecule has 1 fully saturated rings. The zero-order chi connectivity index (χ0) is 10.7. The second-order valence-corrected chi connectivity index (χ2v) is 11.7. The first-order valence-electron chi connectivity index (χ1n) is 5.60. The number of rotatable bonds is 3. The first-order chi connectivity index (χ1) is 7.18. The Morgan fingerprint density at radius 3 is 2.27 bits per heavy atom. The van der Waals surface area contributed by atoms with E-state index >= 15 is 0 Å². The highest BCUT2D eigenvalue weighted by Gasteiger charge is 2.39. The third-order valence-electron chi connectivity index (χ3n) is 3.24. The molecule has 0 aliphatic heterocycles. The van der Waals surface area contributed by atoms with Gasteiger partial charge in [-0.15, -0.1) is 22.2 Å². The highest BCUT2D eigenvalue weighted by molar-refractivity contribution is 7.45. The molecule has 3 heteroatoms. The molecule has 0 unspecified atom stereocenters. The molecule has 0 bridgehead atoms. The van der Waals surface area contributed by atoms with Gasteiger partial charge >= 0.3 is 0 Å². The molecule has 0 atom stereocenters. The maximum Gasteiger partial charge on any atom is 0.258 e. The number of hydrogen-bond donors (Lipinski definition) is 0. The van der Waals surface area contributed by atoms with E-state index in [2.05, 4.69) is 24.3 Å². The summed E-state index contributed by atoms with van der Waals surface area (Å²) in [6.07, 6.45) is 5.11. The van der Waals surface area contributed by atoms with Crippen LogP contribution in [-0.2, 0) is 6.04 Å². The largest absolute Gasteiger partial charge is 0.258 e. The van der Waals surface area contributed by atoms with Crippen molar-refractivity contribution in [3.8, 4) is 0 Å². The van der Waals surface area contributed by atoms with Gasteiger partial charge in [0.15, 0.2) is 0 Å². The SMILES string of the molecule is Cl[Si](Cl)(Cc1ccccc1)C1CCCC1. The van der Waals surface area contributed by atoms with E-state index in [0.29, 0.717) is 5.54 Å². The summed E-state index contributed by atoms with van der Waals surface area (Å²) < 4.78 is 0. The summed E-state index contributed by atoms with van der Waals surface area (Å²) in [6, 6.07) is 11.3. The van der Waals surface area contributed by atoms with E-state index < -0.39 is 6.69 Å². The average Bonchev–Trinajstić information content (AvgIpc) is 2.71. The van der Waals surface area contributed by atoms with Crippen molar-refractivity contribution in [3.63, 3.8) is 0 Å². The van der Waals surface area contributed by atoms with Crippen LogP contribution in [0.3, 0.4) is 0 Å². The average molecular weight is 259 g/mol. The van der Waals surface area contributed by atoms with Crippen molar-refractivity contribution >= 4 is 28.9 Å². The highest BCUT2D eigenvalue weighted by atomic mass is 35.7. The van der Waals surface area contributed by atoms with Crippen molar-refractivity contribution in [2.45, 2.75) is 37.3 Å². The molecule has 0 N–H and O–H groups in total. The summed E-state index contributed by atoms with van der Waals surface area (Å²) >= 11 is 13.2. The van der Waals surface area contributed by atoms with E-state index in [9.17, 15) is 0 Å². The van der Waals surface area contributed by atoms with Gasteiger partial charge in [-0.1, -0.05) is 56.0 Å². The van der Waals surface area contributed by atoms with E-state index in [1.807, 2.05) is 6.07 Å². The van der Waals surface area contributed by atoms with Crippen LogP contribution in [-0.4, -0.2) is 6.69 Å². The van der Waals surface area contributed by atoms with Gasteiger partial charge in [0.2, 0.25) is 0 Å². The van der Waals surface area contributed by atoms with Crippen LogP contribution in [0.15, 0.2) is 30.3 Å². The topological polar surface area (TPSA) is 0 Å². The van der Waals surface area contributed by atoms with E-state index in [1.165, 1.54) is 31.2 Å². The van der Waals surface area contributed by atoms with Crippen molar-refractivity contribution in [2.75, 3.05) is 0 Å². The normalized spacial score (nSPS) is 18.3. The molecule has 15 heavy (non-hydrogen) atoms. The first-order valence-corrected chi connectivity index (χ1v) is 9.91. The number of halogens is 2. The van der Waals surface area contributed by atoms with Gasteiger partial charge in [0.1, 0.15) is 0 Å². The molecular formula is C12H16Cl2Si. The maximum atomic E-state index is 6.58. The molecule has 2 rings (SSSR count). The van der Waals surface area contributed by atoms with Crippen LogP contribution in [0.4, 0.5) is 0 Å². The van der Waals surface area contributed by atoms with Gasteiger partial charge in [-0.05, 0) is 17.1 Å². The predicted octanol–water partition coefficient (Wildman–Crippen LogP) is 4.63. The van der Waals surface area contributed by atoms with Crippen LogP contribution in [0.1, 0.15) is 31.2 Å². The fraction of sp³-hybridized carbons (Fsp3) is 0.500. The summed E-state index contributed by atoms with van der Waals surface area (Å²) in [4.78, 5) is 0. The minimum absolute atomic E-state index is 0.612. The Morgan fingerprint density at radius 2 is 1.67 bits per heavy atom. The third kappa shape index (κ3) is 2.99. The van der Waals surface area contributed by atoms with Crippen LogP contribution in [0, 0.1) is 0 Å². The molecule has 1 aromatic carbocycles. The van der Waals surface area contributed by atoms with Gasteiger partial charge < -0.3 is 0 Å². The zero-order valence-corrected chi connectivity index (χ0v) is 11.3. The summed E-state index contributed by atoms with van der Waals surface area (Å²) in [5.41, 5.74) is 1.90. The standard InChI is InChI=1S/C12H16Cl2Si/c13-15(14,12-8-4-5-9-12)10-11-6-2-1-3-7-11/h1-3,6-7,12H,4-5,8-10H2. The van der Waals surface area contributed by atoms with Crippen LogP contribution >= 0.6 is 22.2 Å². The predicted molar refractivity (Wildman–Crippen MR) is 69.8 cm³/mol. The number of hydrogen-bond acceptors (Lipinski definition) is 0. The minimum Gasteiger partial charge on any atom is -0.145 e. The lowest BCUT2D eigenvalue weighted by atomic mass is 10.2. The van der Waals surface area contributed by atoms with E-state index in [1.54, 1.807) is 0 Å². The summed E-state index contributed by atoms with van der Waals surface area (Å²) in [5.74, 6) is 0. The molecule has 82 valence electrons. The molecule has 0 spiro atoms. The lowest BCUT2D eigenvalue weighted by molar-refractivity contribution is 0.851. The zero-order valence-electron chi connectivity index (χ0n) is 8.76. The minimum atomic E-state index is -2.07. The quantitative estimate of drug-likeness (QED) is 0.548. The third-order valence-corrected chi connectivity index (χ3v) is 8.54. The van der Waals surface area contributed by atoms with Crippen molar-refractivity contribution < 1.29 is 0 Å². The Bertz CT molecular complexity index is 305. The van der Waals surface area contributed by atoms with E-state index in [-0.39, 0.29) is 0 Å². The monoisotopic (exact) mass is 258 g/mol. The summed E-state index contributed by atoms with van der Waals surface area (Å²) in [5, 5.41) is 0. The lowest BCUT2D eigenvalue weighted by Crippen LogP contribution is -2.29.